The highest BCUT2D eigenvalue weighted by Crippen LogP contribution is 2.24. The lowest BCUT2D eigenvalue weighted by Gasteiger charge is -2.10. The van der Waals surface area contributed by atoms with Gasteiger partial charge in [0.2, 0.25) is 5.91 Å². The third kappa shape index (κ3) is 4.37. The first-order chi connectivity index (χ1) is 13.5. The molecule has 1 aromatic heterocycles. The third-order valence-corrected chi connectivity index (χ3v) is 5.00. The summed E-state index contributed by atoms with van der Waals surface area (Å²) in [6, 6.07) is 14.1. The molecule has 144 valence electrons. The summed E-state index contributed by atoms with van der Waals surface area (Å²) in [5, 5.41) is 22.7. The van der Waals surface area contributed by atoms with E-state index < -0.39 is 4.92 Å². The summed E-state index contributed by atoms with van der Waals surface area (Å²) in [7, 11) is 0. The van der Waals surface area contributed by atoms with Gasteiger partial charge in [0.15, 0.2) is 5.16 Å². The standard InChI is InChI=1S/C19H19N5O3S/c1-3-17-21-22-19(23(17)14-7-5-4-6-8-14)28-12-18(25)20-16-11-15(24(26)27)10-9-13(16)2/h4-11H,3,12H2,1-2H3,(H,20,25). The minimum absolute atomic E-state index is 0.0649. The van der Waals surface area contributed by atoms with E-state index in [1.54, 1.807) is 13.0 Å². The highest BCUT2D eigenvalue weighted by molar-refractivity contribution is 7.99. The van der Waals surface area contributed by atoms with Crippen LogP contribution in [0.4, 0.5) is 11.4 Å². The molecule has 0 aliphatic rings. The maximum atomic E-state index is 12.4. The zero-order chi connectivity index (χ0) is 20.1. The number of hydrogen-bond acceptors (Lipinski definition) is 6. The molecule has 0 aliphatic heterocycles. The van der Waals surface area contributed by atoms with Gasteiger partial charge < -0.3 is 5.32 Å². The Kier molecular flexibility index (Phi) is 6.05. The Hall–Kier alpha value is -3.20. The summed E-state index contributed by atoms with van der Waals surface area (Å²) in [4.78, 5) is 22.8. The van der Waals surface area contributed by atoms with Crippen molar-refractivity contribution in [2.24, 2.45) is 0 Å². The second kappa shape index (κ2) is 8.66. The molecule has 1 heterocycles. The van der Waals surface area contributed by atoms with Crippen LogP contribution in [0.5, 0.6) is 0 Å². The topological polar surface area (TPSA) is 103 Å². The van der Waals surface area contributed by atoms with E-state index in [4.69, 9.17) is 0 Å². The monoisotopic (exact) mass is 397 g/mol. The fourth-order valence-electron chi connectivity index (χ4n) is 2.63. The smallest absolute Gasteiger partial charge is 0.271 e. The Morgan fingerprint density at radius 1 is 1.21 bits per heavy atom. The minimum Gasteiger partial charge on any atom is -0.325 e. The maximum absolute atomic E-state index is 12.4. The predicted molar refractivity (Wildman–Crippen MR) is 108 cm³/mol. The van der Waals surface area contributed by atoms with Gasteiger partial charge >= 0.3 is 0 Å². The van der Waals surface area contributed by atoms with E-state index in [0.29, 0.717) is 17.3 Å². The van der Waals surface area contributed by atoms with Crippen molar-refractivity contribution in [3.63, 3.8) is 0 Å². The molecule has 0 saturated carbocycles. The SMILES string of the molecule is CCc1nnc(SCC(=O)Nc2cc([N+](=O)[O-])ccc2C)n1-c1ccccc1. The van der Waals surface area contributed by atoms with Gasteiger partial charge in [-0.15, -0.1) is 10.2 Å². The Labute approximate surface area is 166 Å². The molecular weight excluding hydrogens is 378 g/mol. The average Bonchev–Trinajstić information content (AvgIpc) is 3.11. The molecule has 0 aliphatic carbocycles. The lowest BCUT2D eigenvalue weighted by Crippen LogP contribution is -2.15. The number of rotatable bonds is 7. The van der Waals surface area contributed by atoms with Crippen molar-refractivity contribution >= 4 is 29.0 Å². The van der Waals surface area contributed by atoms with Crippen LogP contribution in [0.25, 0.3) is 5.69 Å². The lowest BCUT2D eigenvalue weighted by molar-refractivity contribution is -0.384. The fraction of sp³-hybridized carbons (Fsp3) is 0.211. The van der Waals surface area contributed by atoms with Gasteiger partial charge in [0, 0.05) is 24.2 Å². The van der Waals surface area contributed by atoms with E-state index in [0.717, 1.165) is 17.1 Å². The van der Waals surface area contributed by atoms with Crippen LogP contribution >= 0.6 is 11.8 Å². The molecule has 28 heavy (non-hydrogen) atoms. The van der Waals surface area contributed by atoms with Gasteiger partial charge in [0.05, 0.1) is 16.4 Å². The molecule has 0 radical (unpaired) electrons. The maximum Gasteiger partial charge on any atom is 0.271 e. The zero-order valence-electron chi connectivity index (χ0n) is 15.5. The van der Waals surface area contributed by atoms with E-state index in [1.807, 2.05) is 41.8 Å². The number of carbonyl (C=O) groups excluding carboxylic acids is 1. The average molecular weight is 397 g/mol. The number of anilines is 1. The summed E-state index contributed by atoms with van der Waals surface area (Å²) in [5.74, 6) is 0.648. The number of thioether (sulfide) groups is 1. The van der Waals surface area contributed by atoms with Crippen LogP contribution in [0.2, 0.25) is 0 Å². The van der Waals surface area contributed by atoms with E-state index in [2.05, 4.69) is 15.5 Å². The summed E-state index contributed by atoms with van der Waals surface area (Å²) in [5.41, 5.74) is 2.05. The van der Waals surface area contributed by atoms with E-state index in [-0.39, 0.29) is 17.3 Å². The molecule has 1 N–H and O–H groups in total. The Morgan fingerprint density at radius 2 is 1.96 bits per heavy atom. The van der Waals surface area contributed by atoms with Gasteiger partial charge in [-0.1, -0.05) is 43.0 Å². The van der Waals surface area contributed by atoms with Crippen LogP contribution in [-0.4, -0.2) is 31.3 Å². The Morgan fingerprint density at radius 3 is 2.64 bits per heavy atom. The quantitative estimate of drug-likeness (QED) is 0.370. The summed E-state index contributed by atoms with van der Waals surface area (Å²) < 4.78 is 1.93. The lowest BCUT2D eigenvalue weighted by atomic mass is 10.2. The second-order valence-corrected chi connectivity index (χ2v) is 6.96. The molecule has 9 heteroatoms. The molecule has 0 spiro atoms. The van der Waals surface area contributed by atoms with Crippen LogP contribution in [-0.2, 0) is 11.2 Å². The second-order valence-electron chi connectivity index (χ2n) is 6.02. The Bertz CT molecular complexity index is 1000. The van der Waals surface area contributed by atoms with Crippen molar-refractivity contribution < 1.29 is 9.72 Å². The first kappa shape index (κ1) is 19.6. The predicted octanol–water partition coefficient (Wildman–Crippen LogP) is 3.78. The molecule has 0 saturated heterocycles. The third-order valence-electron chi connectivity index (χ3n) is 4.07. The van der Waals surface area contributed by atoms with Crippen LogP contribution in [0.3, 0.4) is 0 Å². The van der Waals surface area contributed by atoms with Crippen molar-refractivity contribution in [2.45, 2.75) is 25.4 Å². The fourth-order valence-corrected chi connectivity index (χ4v) is 3.40. The van der Waals surface area contributed by atoms with Crippen molar-refractivity contribution in [2.75, 3.05) is 11.1 Å². The number of non-ortho nitro benzene ring substituents is 1. The largest absolute Gasteiger partial charge is 0.325 e. The van der Waals surface area contributed by atoms with Crippen molar-refractivity contribution in [1.82, 2.24) is 14.8 Å². The van der Waals surface area contributed by atoms with Gasteiger partial charge in [-0.25, -0.2) is 0 Å². The van der Waals surface area contributed by atoms with Crippen LogP contribution in [0.15, 0.2) is 53.7 Å². The first-order valence-corrected chi connectivity index (χ1v) is 9.65. The molecule has 1 amide bonds. The van der Waals surface area contributed by atoms with Gasteiger partial charge in [-0.05, 0) is 24.6 Å². The number of aryl methyl sites for hydroxylation is 2. The number of hydrogen-bond donors (Lipinski definition) is 1. The number of nitrogens with zero attached hydrogens (tertiary/aromatic N) is 4. The van der Waals surface area contributed by atoms with Gasteiger partial charge in [-0.2, -0.15) is 0 Å². The molecular formula is C19H19N5O3S. The van der Waals surface area contributed by atoms with Crippen molar-refractivity contribution in [3.8, 4) is 5.69 Å². The summed E-state index contributed by atoms with van der Waals surface area (Å²) in [6.07, 6.45) is 0.710. The number of aromatic nitrogens is 3. The highest BCUT2D eigenvalue weighted by atomic mass is 32.2. The number of nitro groups is 1. The summed E-state index contributed by atoms with van der Waals surface area (Å²) in [6.45, 7) is 3.78. The normalized spacial score (nSPS) is 10.6. The molecule has 3 aromatic rings. The van der Waals surface area contributed by atoms with Crippen LogP contribution in [0, 0.1) is 17.0 Å². The van der Waals surface area contributed by atoms with Gasteiger partial charge in [0.1, 0.15) is 5.82 Å². The van der Waals surface area contributed by atoms with E-state index in [1.165, 1.54) is 23.9 Å². The molecule has 0 atom stereocenters. The number of para-hydroxylation sites is 1. The van der Waals surface area contributed by atoms with Gasteiger partial charge in [-0.3, -0.25) is 19.5 Å². The summed E-state index contributed by atoms with van der Waals surface area (Å²) >= 11 is 1.27. The minimum atomic E-state index is -0.488. The zero-order valence-corrected chi connectivity index (χ0v) is 16.3. The highest BCUT2D eigenvalue weighted by Gasteiger charge is 2.16. The molecule has 2 aromatic carbocycles. The van der Waals surface area contributed by atoms with Gasteiger partial charge in [0.25, 0.3) is 5.69 Å². The molecule has 0 bridgehead atoms. The molecule has 3 rings (SSSR count). The number of nitro benzene ring substituents is 1. The molecule has 0 fully saturated rings. The first-order valence-electron chi connectivity index (χ1n) is 8.67. The number of nitrogens with one attached hydrogen (secondary N) is 1. The van der Waals surface area contributed by atoms with E-state index >= 15 is 0 Å². The Balaban J connectivity index is 1.73. The van der Waals surface area contributed by atoms with Crippen LogP contribution in [0.1, 0.15) is 18.3 Å². The van der Waals surface area contributed by atoms with Crippen molar-refractivity contribution in [1.29, 1.82) is 0 Å². The molecule has 8 nitrogen and oxygen atoms in total. The van der Waals surface area contributed by atoms with Crippen molar-refractivity contribution in [3.05, 3.63) is 70.0 Å². The van der Waals surface area contributed by atoms with E-state index in [9.17, 15) is 14.9 Å². The number of benzene rings is 2. The molecule has 0 unspecified atom stereocenters. The van der Waals surface area contributed by atoms with Crippen LogP contribution < -0.4 is 5.32 Å². The number of carbonyl (C=O) groups is 1. The number of amides is 1.